The van der Waals surface area contributed by atoms with E-state index in [1.54, 1.807) is 0 Å². The zero-order chi connectivity index (χ0) is 15.2. The standard InChI is InChI=1S/C16H23N3O2.ClH/c1-3-15(20)18-13-5-4-11(2)14(10-13)19-16(21)12-6-8-17-9-7-12;/h4-5,10,12,17H,3,6-9H2,1-2H3,(H,18,20)(H,19,21);1H. The van der Waals surface area contributed by atoms with Crippen molar-refractivity contribution < 1.29 is 9.59 Å². The van der Waals surface area contributed by atoms with Crippen molar-refractivity contribution in [3.05, 3.63) is 23.8 Å². The highest BCUT2D eigenvalue weighted by atomic mass is 35.5. The van der Waals surface area contributed by atoms with E-state index in [2.05, 4.69) is 16.0 Å². The summed E-state index contributed by atoms with van der Waals surface area (Å²) in [5, 5.41) is 9.06. The third-order valence-electron chi connectivity index (χ3n) is 3.81. The van der Waals surface area contributed by atoms with Gasteiger partial charge in [0, 0.05) is 23.7 Å². The molecular formula is C16H24ClN3O2. The Labute approximate surface area is 137 Å². The molecule has 1 saturated heterocycles. The topological polar surface area (TPSA) is 70.2 Å². The van der Waals surface area contributed by atoms with Gasteiger partial charge < -0.3 is 16.0 Å². The second-order valence-electron chi connectivity index (χ2n) is 5.44. The Morgan fingerprint density at radius 1 is 1.23 bits per heavy atom. The van der Waals surface area contributed by atoms with E-state index in [1.807, 2.05) is 32.0 Å². The quantitative estimate of drug-likeness (QED) is 0.797. The van der Waals surface area contributed by atoms with Crippen LogP contribution in [-0.4, -0.2) is 24.9 Å². The van der Waals surface area contributed by atoms with Crippen molar-refractivity contribution >= 4 is 35.6 Å². The lowest BCUT2D eigenvalue weighted by Gasteiger charge is -2.22. The molecule has 0 radical (unpaired) electrons. The number of anilines is 2. The Hall–Kier alpha value is -1.59. The summed E-state index contributed by atoms with van der Waals surface area (Å²) in [7, 11) is 0. The lowest BCUT2D eigenvalue weighted by Crippen LogP contribution is -2.34. The van der Waals surface area contributed by atoms with Gasteiger partial charge in [0.1, 0.15) is 0 Å². The molecule has 0 saturated carbocycles. The van der Waals surface area contributed by atoms with E-state index < -0.39 is 0 Å². The van der Waals surface area contributed by atoms with Crippen LogP contribution in [0.25, 0.3) is 0 Å². The highest BCUT2D eigenvalue weighted by molar-refractivity contribution is 5.95. The van der Waals surface area contributed by atoms with Gasteiger partial charge in [-0.15, -0.1) is 12.4 Å². The highest BCUT2D eigenvalue weighted by Crippen LogP contribution is 2.22. The molecule has 1 aliphatic heterocycles. The number of aryl methyl sites for hydroxylation is 1. The number of carbonyl (C=O) groups excluding carboxylic acids is 2. The van der Waals surface area contributed by atoms with Crippen LogP contribution in [0.1, 0.15) is 31.7 Å². The van der Waals surface area contributed by atoms with Gasteiger partial charge in [-0.3, -0.25) is 9.59 Å². The monoisotopic (exact) mass is 325 g/mol. The number of rotatable bonds is 4. The Balaban J connectivity index is 0.00000242. The molecule has 2 rings (SSSR count). The van der Waals surface area contributed by atoms with Crippen molar-refractivity contribution in [2.75, 3.05) is 23.7 Å². The molecule has 0 atom stereocenters. The molecule has 1 aromatic carbocycles. The number of piperidine rings is 1. The second kappa shape index (κ2) is 8.76. The average Bonchev–Trinajstić information content (AvgIpc) is 2.51. The van der Waals surface area contributed by atoms with Crippen LogP contribution >= 0.6 is 12.4 Å². The summed E-state index contributed by atoms with van der Waals surface area (Å²) in [5.74, 6) is 0.104. The lowest BCUT2D eigenvalue weighted by atomic mass is 9.97. The van der Waals surface area contributed by atoms with Gasteiger partial charge in [0.2, 0.25) is 11.8 Å². The van der Waals surface area contributed by atoms with Gasteiger partial charge in [0.05, 0.1) is 0 Å². The van der Waals surface area contributed by atoms with Crippen LogP contribution < -0.4 is 16.0 Å². The maximum absolute atomic E-state index is 12.3. The molecule has 0 unspecified atom stereocenters. The van der Waals surface area contributed by atoms with E-state index in [0.29, 0.717) is 12.1 Å². The molecule has 1 fully saturated rings. The van der Waals surface area contributed by atoms with E-state index in [-0.39, 0.29) is 30.1 Å². The Bertz CT molecular complexity index is 528. The van der Waals surface area contributed by atoms with Gasteiger partial charge in [-0.25, -0.2) is 0 Å². The van der Waals surface area contributed by atoms with Gasteiger partial charge in [-0.2, -0.15) is 0 Å². The fraction of sp³-hybridized carbons (Fsp3) is 0.500. The first-order chi connectivity index (χ1) is 10.1. The summed E-state index contributed by atoms with van der Waals surface area (Å²) in [6.07, 6.45) is 2.18. The van der Waals surface area contributed by atoms with E-state index >= 15 is 0 Å². The predicted molar refractivity (Wildman–Crippen MR) is 91.6 cm³/mol. The molecule has 0 bridgehead atoms. The molecule has 122 valence electrons. The minimum Gasteiger partial charge on any atom is -0.326 e. The molecule has 3 N–H and O–H groups in total. The molecule has 22 heavy (non-hydrogen) atoms. The van der Waals surface area contributed by atoms with E-state index in [4.69, 9.17) is 0 Å². The fourth-order valence-corrected chi connectivity index (χ4v) is 2.40. The van der Waals surface area contributed by atoms with Crippen LogP contribution in [0.2, 0.25) is 0 Å². The third-order valence-corrected chi connectivity index (χ3v) is 3.81. The normalized spacial score (nSPS) is 14.8. The van der Waals surface area contributed by atoms with Crippen LogP contribution in [0.3, 0.4) is 0 Å². The molecule has 1 aromatic rings. The predicted octanol–water partition coefficient (Wildman–Crippen LogP) is 2.70. The minimum absolute atomic E-state index is 0. The van der Waals surface area contributed by atoms with Crippen LogP contribution in [0.5, 0.6) is 0 Å². The summed E-state index contributed by atoms with van der Waals surface area (Å²) in [6.45, 7) is 5.54. The summed E-state index contributed by atoms with van der Waals surface area (Å²) >= 11 is 0. The smallest absolute Gasteiger partial charge is 0.227 e. The van der Waals surface area contributed by atoms with Crippen LogP contribution in [0, 0.1) is 12.8 Å². The van der Waals surface area contributed by atoms with Crippen molar-refractivity contribution in [1.29, 1.82) is 0 Å². The molecule has 0 aliphatic carbocycles. The third kappa shape index (κ3) is 5.00. The Morgan fingerprint density at radius 2 is 1.91 bits per heavy atom. The second-order valence-corrected chi connectivity index (χ2v) is 5.44. The molecular weight excluding hydrogens is 302 g/mol. The number of amides is 2. The van der Waals surface area contributed by atoms with Gasteiger partial charge in [0.15, 0.2) is 0 Å². The number of carbonyl (C=O) groups is 2. The maximum Gasteiger partial charge on any atom is 0.227 e. The van der Waals surface area contributed by atoms with Crippen molar-refractivity contribution in [2.24, 2.45) is 5.92 Å². The summed E-state index contributed by atoms with van der Waals surface area (Å²) in [6, 6.07) is 5.58. The van der Waals surface area contributed by atoms with Crippen molar-refractivity contribution in [2.45, 2.75) is 33.1 Å². The zero-order valence-corrected chi connectivity index (χ0v) is 13.9. The molecule has 0 aromatic heterocycles. The van der Waals surface area contributed by atoms with Crippen LogP contribution in [0.4, 0.5) is 11.4 Å². The lowest BCUT2D eigenvalue weighted by molar-refractivity contribution is -0.120. The Kier molecular flexibility index (Phi) is 7.35. The van der Waals surface area contributed by atoms with Crippen molar-refractivity contribution in [1.82, 2.24) is 5.32 Å². The van der Waals surface area contributed by atoms with Gasteiger partial charge in [0.25, 0.3) is 0 Å². The van der Waals surface area contributed by atoms with Gasteiger partial charge >= 0.3 is 0 Å². The van der Waals surface area contributed by atoms with E-state index in [9.17, 15) is 9.59 Å². The molecule has 2 amide bonds. The zero-order valence-electron chi connectivity index (χ0n) is 13.1. The molecule has 1 aliphatic rings. The first kappa shape index (κ1) is 18.5. The summed E-state index contributed by atoms with van der Waals surface area (Å²) in [4.78, 5) is 23.7. The van der Waals surface area contributed by atoms with Crippen LogP contribution in [0.15, 0.2) is 18.2 Å². The first-order valence-corrected chi connectivity index (χ1v) is 7.52. The Morgan fingerprint density at radius 3 is 2.55 bits per heavy atom. The number of nitrogens with one attached hydrogen (secondary N) is 3. The maximum atomic E-state index is 12.3. The number of hydrogen-bond donors (Lipinski definition) is 3. The largest absolute Gasteiger partial charge is 0.326 e. The number of halogens is 1. The van der Waals surface area contributed by atoms with E-state index in [0.717, 1.165) is 37.2 Å². The summed E-state index contributed by atoms with van der Waals surface area (Å²) < 4.78 is 0. The van der Waals surface area contributed by atoms with Gasteiger partial charge in [-0.05, 0) is 50.6 Å². The van der Waals surface area contributed by atoms with Crippen molar-refractivity contribution in [3.63, 3.8) is 0 Å². The van der Waals surface area contributed by atoms with Gasteiger partial charge in [-0.1, -0.05) is 13.0 Å². The minimum atomic E-state index is -0.0329. The van der Waals surface area contributed by atoms with Crippen molar-refractivity contribution in [3.8, 4) is 0 Å². The molecule has 0 spiro atoms. The first-order valence-electron chi connectivity index (χ1n) is 7.52. The highest BCUT2D eigenvalue weighted by Gasteiger charge is 2.21. The molecule has 6 heteroatoms. The molecule has 1 heterocycles. The van der Waals surface area contributed by atoms with Crippen LogP contribution in [-0.2, 0) is 9.59 Å². The molecule has 5 nitrogen and oxygen atoms in total. The fourth-order valence-electron chi connectivity index (χ4n) is 2.40. The van der Waals surface area contributed by atoms with E-state index in [1.165, 1.54) is 0 Å². The number of hydrogen-bond acceptors (Lipinski definition) is 3. The number of benzene rings is 1. The SMILES string of the molecule is CCC(=O)Nc1ccc(C)c(NC(=O)C2CCNCC2)c1.Cl. The average molecular weight is 326 g/mol. The summed E-state index contributed by atoms with van der Waals surface area (Å²) in [5.41, 5.74) is 2.48.